The average molecular weight is 520 g/mol. The minimum atomic E-state index is -1.37. The molecule has 0 bridgehead atoms. The topological polar surface area (TPSA) is 301 Å². The van der Waals surface area contributed by atoms with Crippen LogP contribution in [0.15, 0.2) is 4.99 Å². The fraction of sp³-hybridized carbons (Fsp3) is 0.611. The van der Waals surface area contributed by atoms with Crippen LogP contribution in [0, 0.1) is 0 Å². The minimum absolute atomic E-state index is 0.00378. The van der Waals surface area contributed by atoms with Crippen molar-refractivity contribution in [2.24, 2.45) is 33.7 Å². The summed E-state index contributed by atoms with van der Waals surface area (Å²) in [6.45, 7) is 0.114. The summed E-state index contributed by atoms with van der Waals surface area (Å²) in [4.78, 5) is 75.0. The van der Waals surface area contributed by atoms with E-state index in [1.807, 2.05) is 0 Å². The molecule has 0 spiro atoms. The normalized spacial score (nSPS) is 13.9. The zero-order chi connectivity index (χ0) is 27.1. The third kappa shape index (κ3) is 13.6. The molecule has 0 radical (unpaired) electrons. The van der Waals surface area contributed by atoms with Crippen LogP contribution >= 0.6 is 12.6 Å². The van der Waals surface area contributed by atoms with Gasteiger partial charge in [0.05, 0.1) is 12.5 Å². The van der Waals surface area contributed by atoms with Crippen molar-refractivity contribution in [1.29, 1.82) is 0 Å². The van der Waals surface area contributed by atoms with Crippen molar-refractivity contribution >= 4 is 54.1 Å². The average Bonchev–Trinajstić information content (AvgIpc) is 2.75. The number of nitrogens with two attached hydrogens (primary N) is 5. The van der Waals surface area contributed by atoms with E-state index < -0.39 is 66.1 Å². The monoisotopic (exact) mass is 519 g/mol. The van der Waals surface area contributed by atoms with Crippen LogP contribution < -0.4 is 44.6 Å². The van der Waals surface area contributed by atoms with E-state index in [0.717, 1.165) is 0 Å². The Morgan fingerprint density at radius 3 is 1.77 bits per heavy atom. The molecule has 0 aliphatic rings. The molecule has 0 aliphatic carbocycles. The van der Waals surface area contributed by atoms with Gasteiger partial charge in [0, 0.05) is 18.7 Å². The second kappa shape index (κ2) is 16.1. The summed E-state index contributed by atoms with van der Waals surface area (Å²) in [5, 5.41) is 16.0. The lowest BCUT2D eigenvalue weighted by Crippen LogP contribution is -2.57. The summed E-state index contributed by atoms with van der Waals surface area (Å²) in [5.74, 6) is -5.99. The van der Waals surface area contributed by atoms with Crippen LogP contribution in [0.4, 0.5) is 0 Å². The molecule has 0 aromatic rings. The Morgan fingerprint density at radius 1 is 0.800 bits per heavy atom. The lowest BCUT2D eigenvalue weighted by Gasteiger charge is -2.24. The van der Waals surface area contributed by atoms with Crippen LogP contribution in [0.5, 0.6) is 0 Å². The maximum Gasteiger partial charge on any atom is 0.327 e. The van der Waals surface area contributed by atoms with Gasteiger partial charge in [-0.3, -0.25) is 29.0 Å². The van der Waals surface area contributed by atoms with E-state index in [1.54, 1.807) is 0 Å². The first-order valence-electron chi connectivity index (χ1n) is 10.4. The molecular formula is C18H33N9O7S. The van der Waals surface area contributed by atoms with Gasteiger partial charge in [0.25, 0.3) is 0 Å². The number of carbonyl (C=O) groups excluding carboxylic acids is 5. The Balaban J connectivity index is 5.60. The number of amides is 5. The van der Waals surface area contributed by atoms with E-state index >= 15 is 0 Å². The number of nitrogens with one attached hydrogen (secondary N) is 3. The lowest BCUT2D eigenvalue weighted by atomic mass is 10.1. The van der Waals surface area contributed by atoms with Crippen molar-refractivity contribution < 1.29 is 33.9 Å². The third-order valence-corrected chi connectivity index (χ3v) is 4.81. The lowest BCUT2D eigenvalue weighted by molar-refractivity contribution is -0.141. The van der Waals surface area contributed by atoms with E-state index in [-0.39, 0.29) is 43.9 Å². The number of rotatable bonds is 17. The van der Waals surface area contributed by atoms with Crippen molar-refractivity contribution in [3.63, 3.8) is 0 Å². The Morgan fingerprint density at radius 2 is 1.31 bits per heavy atom. The molecule has 0 aromatic heterocycles. The molecule has 0 aliphatic heterocycles. The van der Waals surface area contributed by atoms with Crippen LogP contribution in [0.2, 0.25) is 0 Å². The molecule has 14 N–H and O–H groups in total. The first-order valence-corrected chi connectivity index (χ1v) is 11.0. The Bertz CT molecular complexity index is 820. The van der Waals surface area contributed by atoms with E-state index in [1.165, 1.54) is 0 Å². The number of carboxylic acids is 1. The van der Waals surface area contributed by atoms with Gasteiger partial charge in [0.2, 0.25) is 29.5 Å². The van der Waals surface area contributed by atoms with Gasteiger partial charge in [0.1, 0.15) is 18.1 Å². The molecule has 0 saturated carbocycles. The first kappa shape index (κ1) is 31.4. The number of nitrogens with zero attached hydrogens (tertiary/aromatic N) is 1. The summed E-state index contributed by atoms with van der Waals surface area (Å²) in [7, 11) is 0. The maximum absolute atomic E-state index is 12.9. The molecule has 0 rings (SSSR count). The third-order valence-electron chi connectivity index (χ3n) is 4.45. The highest BCUT2D eigenvalue weighted by atomic mass is 32.1. The molecule has 4 atom stereocenters. The Hall–Kier alpha value is -3.60. The summed E-state index contributed by atoms with van der Waals surface area (Å²) in [6, 6.07) is -5.31. The zero-order valence-electron chi connectivity index (χ0n) is 18.9. The van der Waals surface area contributed by atoms with Crippen LogP contribution in [-0.4, -0.2) is 83.0 Å². The van der Waals surface area contributed by atoms with Crippen LogP contribution in [0.3, 0.4) is 0 Å². The molecule has 5 amide bonds. The van der Waals surface area contributed by atoms with Gasteiger partial charge in [0.15, 0.2) is 5.96 Å². The van der Waals surface area contributed by atoms with Gasteiger partial charge in [-0.15, -0.1) is 0 Å². The largest absolute Gasteiger partial charge is 0.480 e. The van der Waals surface area contributed by atoms with E-state index in [9.17, 15) is 28.8 Å². The fourth-order valence-corrected chi connectivity index (χ4v) is 2.89. The van der Waals surface area contributed by atoms with Gasteiger partial charge >= 0.3 is 5.97 Å². The summed E-state index contributed by atoms with van der Waals surface area (Å²) >= 11 is 3.85. The van der Waals surface area contributed by atoms with Gasteiger partial charge < -0.3 is 49.7 Å². The van der Waals surface area contributed by atoms with E-state index in [0.29, 0.717) is 0 Å². The standard InChI is InChI=1S/C18H33N9O7S/c19-8(6-13(21)29)14(30)25-9(2-1-5-24-18(22)23)15(31)26-10(3-4-12(20)28)16(32)27-11(7-35)17(33)34/h8-11,35H,1-7,19H2,(H2,20,28)(H2,21,29)(H,25,30)(H,26,31)(H,27,32)(H,33,34)(H4,22,23,24). The number of aliphatic imine (C=N–C) groups is 1. The molecule has 35 heavy (non-hydrogen) atoms. The van der Waals surface area contributed by atoms with E-state index in [2.05, 4.69) is 33.6 Å². The molecular weight excluding hydrogens is 486 g/mol. The van der Waals surface area contributed by atoms with Crippen molar-refractivity contribution in [1.82, 2.24) is 16.0 Å². The van der Waals surface area contributed by atoms with Gasteiger partial charge in [-0.25, -0.2) is 4.79 Å². The smallest absolute Gasteiger partial charge is 0.327 e. The highest BCUT2D eigenvalue weighted by Gasteiger charge is 2.30. The van der Waals surface area contributed by atoms with Crippen molar-refractivity contribution in [2.45, 2.75) is 56.3 Å². The molecule has 16 nitrogen and oxygen atoms in total. The van der Waals surface area contributed by atoms with Crippen molar-refractivity contribution in [2.75, 3.05) is 12.3 Å². The van der Waals surface area contributed by atoms with Crippen molar-refractivity contribution in [3.05, 3.63) is 0 Å². The second-order valence-corrected chi connectivity index (χ2v) is 7.80. The Labute approximate surface area is 206 Å². The Kier molecular flexibility index (Phi) is 14.4. The number of carbonyl (C=O) groups is 6. The quantitative estimate of drug-likeness (QED) is 0.0377. The molecule has 4 unspecified atom stereocenters. The van der Waals surface area contributed by atoms with Crippen LogP contribution in [0.25, 0.3) is 0 Å². The number of aliphatic carboxylic acids is 1. The van der Waals surface area contributed by atoms with Gasteiger partial charge in [-0.2, -0.15) is 12.6 Å². The summed E-state index contributed by atoms with van der Waals surface area (Å²) < 4.78 is 0. The highest BCUT2D eigenvalue weighted by Crippen LogP contribution is 2.05. The fourth-order valence-electron chi connectivity index (χ4n) is 2.65. The molecule has 0 saturated heterocycles. The molecule has 0 heterocycles. The number of thiol groups is 1. The molecule has 17 heteroatoms. The second-order valence-electron chi connectivity index (χ2n) is 7.44. The SMILES string of the molecule is NC(=O)CCC(NC(=O)C(CCCN=C(N)N)NC(=O)C(N)CC(N)=O)C(=O)NC(CS)C(=O)O. The van der Waals surface area contributed by atoms with E-state index in [4.69, 9.17) is 33.8 Å². The predicted molar refractivity (Wildman–Crippen MR) is 127 cm³/mol. The van der Waals surface area contributed by atoms with Gasteiger partial charge in [-0.1, -0.05) is 0 Å². The van der Waals surface area contributed by atoms with Gasteiger partial charge in [-0.05, 0) is 19.3 Å². The molecule has 0 fully saturated rings. The predicted octanol–water partition coefficient (Wildman–Crippen LogP) is -5.02. The molecule has 198 valence electrons. The molecule has 0 aromatic carbocycles. The highest BCUT2D eigenvalue weighted by molar-refractivity contribution is 7.80. The summed E-state index contributed by atoms with van der Waals surface area (Å²) in [6.07, 6.45) is -0.807. The number of hydrogen-bond acceptors (Lipinski definition) is 9. The number of primary amides is 2. The number of carboxylic acid groups (broad SMARTS) is 1. The number of guanidine groups is 1. The minimum Gasteiger partial charge on any atom is -0.480 e. The summed E-state index contributed by atoms with van der Waals surface area (Å²) in [5.41, 5.74) is 26.3. The number of hydrogen-bond donors (Lipinski definition) is 10. The van der Waals surface area contributed by atoms with Crippen molar-refractivity contribution in [3.8, 4) is 0 Å². The van der Waals surface area contributed by atoms with Crippen LogP contribution in [-0.2, 0) is 28.8 Å². The maximum atomic E-state index is 12.9. The van der Waals surface area contributed by atoms with Crippen LogP contribution in [0.1, 0.15) is 32.1 Å². The zero-order valence-corrected chi connectivity index (χ0v) is 19.8. The first-order chi connectivity index (χ1) is 16.3.